The molecule has 0 aliphatic heterocycles. The normalized spacial score (nSPS) is 11.6. The van der Waals surface area contributed by atoms with Crippen molar-refractivity contribution in [3.05, 3.63) is 48.3 Å². The summed E-state index contributed by atoms with van der Waals surface area (Å²) < 4.78 is 26.1. The molecule has 0 saturated heterocycles. The number of nitrogens with one attached hydrogen (secondary N) is 2. The second-order valence-electron chi connectivity index (χ2n) is 4.11. The first kappa shape index (κ1) is 13.7. The van der Waals surface area contributed by atoms with Crippen molar-refractivity contribution in [2.75, 3.05) is 12.3 Å². The second-order valence-corrected chi connectivity index (χ2v) is 6.04. The van der Waals surface area contributed by atoms with Crippen LogP contribution in [0.3, 0.4) is 0 Å². The molecule has 0 unspecified atom stereocenters. The van der Waals surface area contributed by atoms with E-state index in [2.05, 4.69) is 19.7 Å². The Hall–Kier alpha value is -1.73. The van der Waals surface area contributed by atoms with Crippen LogP contribution in [-0.4, -0.2) is 35.7 Å². The lowest BCUT2D eigenvalue weighted by molar-refractivity contribution is 0.580. The number of nitrogens with zero attached hydrogens (tertiary/aromatic N) is 2. The molecular weight excluding hydrogens is 264 g/mol. The maximum Gasteiger partial charge on any atom is 0.211 e. The van der Waals surface area contributed by atoms with Gasteiger partial charge in [0.2, 0.25) is 10.0 Å². The van der Waals surface area contributed by atoms with Gasteiger partial charge < -0.3 is 4.98 Å². The van der Waals surface area contributed by atoms with Crippen molar-refractivity contribution in [2.45, 2.75) is 12.8 Å². The van der Waals surface area contributed by atoms with Gasteiger partial charge in [-0.1, -0.05) is 6.07 Å². The highest BCUT2D eigenvalue weighted by Gasteiger charge is 2.10. The molecular formula is C12H16N4O2S. The Labute approximate surface area is 112 Å². The Morgan fingerprint density at radius 1 is 1.26 bits per heavy atom. The van der Waals surface area contributed by atoms with Crippen molar-refractivity contribution in [3.8, 4) is 0 Å². The molecule has 0 amide bonds. The first-order valence-corrected chi connectivity index (χ1v) is 7.65. The van der Waals surface area contributed by atoms with Gasteiger partial charge in [-0.15, -0.1) is 0 Å². The summed E-state index contributed by atoms with van der Waals surface area (Å²) >= 11 is 0. The molecule has 0 bridgehead atoms. The van der Waals surface area contributed by atoms with E-state index in [1.165, 1.54) is 0 Å². The van der Waals surface area contributed by atoms with Crippen molar-refractivity contribution in [2.24, 2.45) is 0 Å². The summed E-state index contributed by atoms with van der Waals surface area (Å²) in [6.07, 6.45) is 5.93. The topological polar surface area (TPSA) is 87.7 Å². The van der Waals surface area contributed by atoms with Gasteiger partial charge >= 0.3 is 0 Å². The fourth-order valence-corrected chi connectivity index (χ4v) is 2.65. The van der Waals surface area contributed by atoms with Gasteiger partial charge in [0.05, 0.1) is 12.1 Å². The van der Waals surface area contributed by atoms with E-state index in [9.17, 15) is 8.42 Å². The Balaban J connectivity index is 1.76. The summed E-state index contributed by atoms with van der Waals surface area (Å²) in [5.74, 6) is 0.0486. The quantitative estimate of drug-likeness (QED) is 0.773. The van der Waals surface area contributed by atoms with E-state index in [1.807, 2.05) is 12.1 Å². The summed E-state index contributed by atoms with van der Waals surface area (Å²) in [5, 5.41) is 0. The molecule has 0 saturated carbocycles. The smallest absolute Gasteiger partial charge is 0.211 e. The Kier molecular flexibility index (Phi) is 4.64. The molecule has 6 nitrogen and oxygen atoms in total. The molecule has 2 heterocycles. The van der Waals surface area contributed by atoms with Gasteiger partial charge in [-0.3, -0.25) is 4.98 Å². The van der Waals surface area contributed by atoms with Crippen LogP contribution in [0.4, 0.5) is 0 Å². The number of aromatic nitrogens is 3. The Morgan fingerprint density at radius 3 is 2.84 bits per heavy atom. The van der Waals surface area contributed by atoms with E-state index in [1.54, 1.807) is 24.8 Å². The van der Waals surface area contributed by atoms with E-state index in [-0.39, 0.29) is 5.75 Å². The van der Waals surface area contributed by atoms with Crippen molar-refractivity contribution in [1.82, 2.24) is 19.7 Å². The summed E-state index contributed by atoms with van der Waals surface area (Å²) in [7, 11) is -3.26. The zero-order valence-corrected chi connectivity index (χ0v) is 11.2. The lowest BCUT2D eigenvalue weighted by atomic mass is 10.3. The summed E-state index contributed by atoms with van der Waals surface area (Å²) in [4.78, 5) is 10.9. The average molecular weight is 280 g/mol. The third kappa shape index (κ3) is 4.80. The lowest BCUT2D eigenvalue weighted by Crippen LogP contribution is -2.29. The molecule has 2 aromatic rings. The highest BCUT2D eigenvalue weighted by atomic mass is 32.2. The van der Waals surface area contributed by atoms with Gasteiger partial charge in [-0.05, 0) is 12.1 Å². The Morgan fingerprint density at radius 2 is 2.16 bits per heavy atom. The zero-order chi connectivity index (χ0) is 13.6. The number of imidazole rings is 1. The largest absolute Gasteiger partial charge is 0.348 e. The molecule has 0 fully saturated rings. The fourth-order valence-electron chi connectivity index (χ4n) is 1.62. The summed E-state index contributed by atoms with van der Waals surface area (Å²) in [6, 6.07) is 5.47. The number of hydrogen-bond acceptors (Lipinski definition) is 4. The number of pyridine rings is 1. The van der Waals surface area contributed by atoms with Gasteiger partial charge in [0, 0.05) is 43.2 Å². The highest BCUT2D eigenvalue weighted by Crippen LogP contribution is 1.98. The van der Waals surface area contributed by atoms with E-state index in [0.717, 1.165) is 11.4 Å². The van der Waals surface area contributed by atoms with E-state index >= 15 is 0 Å². The minimum atomic E-state index is -3.26. The number of aryl methyl sites for hydroxylation is 1. The molecule has 0 aromatic carbocycles. The number of H-pyrrole nitrogens is 1. The Bertz CT molecular complexity index is 581. The van der Waals surface area contributed by atoms with Crippen molar-refractivity contribution >= 4 is 10.0 Å². The first-order chi connectivity index (χ1) is 9.16. The number of aromatic amines is 1. The van der Waals surface area contributed by atoms with Crippen LogP contribution in [0.25, 0.3) is 0 Å². The van der Waals surface area contributed by atoms with Gasteiger partial charge in [-0.25, -0.2) is 18.1 Å². The predicted octanol–water partition coefficient (Wildman–Crippen LogP) is 0.509. The van der Waals surface area contributed by atoms with Crippen LogP contribution >= 0.6 is 0 Å². The van der Waals surface area contributed by atoms with Crippen LogP contribution in [0, 0.1) is 0 Å². The van der Waals surface area contributed by atoms with Gasteiger partial charge in [-0.2, -0.15) is 0 Å². The zero-order valence-electron chi connectivity index (χ0n) is 10.4. The van der Waals surface area contributed by atoms with Crippen molar-refractivity contribution in [1.29, 1.82) is 0 Å². The highest BCUT2D eigenvalue weighted by molar-refractivity contribution is 7.89. The summed E-state index contributed by atoms with van der Waals surface area (Å²) in [5.41, 5.74) is 1.69. The number of sulfonamides is 1. The number of rotatable bonds is 7. The molecule has 0 atom stereocenters. The molecule has 0 radical (unpaired) electrons. The molecule has 2 rings (SSSR count). The van der Waals surface area contributed by atoms with E-state index in [4.69, 9.17) is 0 Å². The van der Waals surface area contributed by atoms with Crippen LogP contribution in [0.1, 0.15) is 11.4 Å². The third-order valence-corrected chi connectivity index (χ3v) is 4.01. The monoisotopic (exact) mass is 280 g/mol. The maximum atomic E-state index is 11.8. The average Bonchev–Trinajstić information content (AvgIpc) is 2.91. The maximum absolute atomic E-state index is 11.8. The molecule has 19 heavy (non-hydrogen) atoms. The predicted molar refractivity (Wildman–Crippen MR) is 72.0 cm³/mol. The van der Waals surface area contributed by atoms with Crippen LogP contribution < -0.4 is 4.72 Å². The molecule has 102 valence electrons. The van der Waals surface area contributed by atoms with Crippen molar-refractivity contribution < 1.29 is 8.42 Å². The molecule has 0 aliphatic rings. The second kappa shape index (κ2) is 6.44. The molecule has 0 aliphatic carbocycles. The van der Waals surface area contributed by atoms with Gasteiger partial charge in [0.1, 0.15) is 0 Å². The minimum Gasteiger partial charge on any atom is -0.348 e. The fraction of sp³-hybridized carbons (Fsp3) is 0.333. The standard InChI is InChI=1S/C12H16N4O2S/c17-19(18,8-5-11-3-1-2-6-14-11)16-7-4-12-9-13-10-15-12/h1-3,6,9-10,16H,4-5,7-8H2,(H,13,15). The van der Waals surface area contributed by atoms with E-state index < -0.39 is 10.0 Å². The van der Waals surface area contributed by atoms with Crippen LogP contribution in [0.5, 0.6) is 0 Å². The van der Waals surface area contributed by atoms with Crippen molar-refractivity contribution in [3.63, 3.8) is 0 Å². The number of hydrogen-bond donors (Lipinski definition) is 2. The molecule has 2 aromatic heterocycles. The molecule has 0 spiro atoms. The van der Waals surface area contributed by atoms with E-state index in [0.29, 0.717) is 19.4 Å². The first-order valence-electron chi connectivity index (χ1n) is 6.00. The third-order valence-electron chi connectivity index (χ3n) is 2.62. The molecule has 7 heteroatoms. The lowest BCUT2D eigenvalue weighted by Gasteiger charge is -2.05. The minimum absolute atomic E-state index is 0.0486. The van der Waals surface area contributed by atoms with Gasteiger partial charge in [0.25, 0.3) is 0 Å². The van der Waals surface area contributed by atoms with Crippen LogP contribution in [0.15, 0.2) is 36.9 Å². The SMILES string of the molecule is O=S(=O)(CCc1ccccn1)NCCc1cnc[nH]1. The molecule has 2 N–H and O–H groups in total. The van der Waals surface area contributed by atoms with Crippen LogP contribution in [-0.2, 0) is 22.9 Å². The summed E-state index contributed by atoms with van der Waals surface area (Å²) in [6.45, 7) is 0.368. The van der Waals surface area contributed by atoms with Crippen LogP contribution in [0.2, 0.25) is 0 Å². The van der Waals surface area contributed by atoms with Gasteiger partial charge in [0.15, 0.2) is 0 Å².